The summed E-state index contributed by atoms with van der Waals surface area (Å²) < 4.78 is 0. The SMILES string of the molecule is C=C(C)NC(=O)N1CCCC1. The van der Waals surface area contributed by atoms with Crippen molar-refractivity contribution in [1.29, 1.82) is 0 Å². The predicted molar refractivity (Wildman–Crippen MR) is 44.2 cm³/mol. The molecular formula is C8H14N2O. The second-order valence-corrected chi connectivity index (χ2v) is 2.90. The quantitative estimate of drug-likeness (QED) is 0.607. The van der Waals surface area contributed by atoms with Crippen LogP contribution in [0, 0.1) is 0 Å². The van der Waals surface area contributed by atoms with Gasteiger partial charge in [0.25, 0.3) is 0 Å². The van der Waals surface area contributed by atoms with Crippen LogP contribution in [0.25, 0.3) is 0 Å². The number of carbonyl (C=O) groups excluding carboxylic acids is 1. The maximum Gasteiger partial charge on any atom is 0.321 e. The van der Waals surface area contributed by atoms with Gasteiger partial charge in [-0.05, 0) is 19.8 Å². The number of nitrogens with one attached hydrogen (secondary N) is 1. The molecule has 0 aromatic heterocycles. The Morgan fingerprint density at radius 1 is 1.45 bits per heavy atom. The average Bonchev–Trinajstić information content (AvgIpc) is 2.35. The maximum atomic E-state index is 11.2. The fourth-order valence-electron chi connectivity index (χ4n) is 1.18. The highest BCUT2D eigenvalue weighted by Gasteiger charge is 2.16. The molecule has 62 valence electrons. The zero-order chi connectivity index (χ0) is 8.27. The van der Waals surface area contributed by atoms with Gasteiger partial charge in [0.15, 0.2) is 0 Å². The smallest absolute Gasteiger partial charge is 0.321 e. The van der Waals surface area contributed by atoms with Crippen LogP contribution in [0.4, 0.5) is 4.79 Å². The summed E-state index contributed by atoms with van der Waals surface area (Å²) in [4.78, 5) is 13.0. The first kappa shape index (κ1) is 8.11. The Hall–Kier alpha value is -0.990. The van der Waals surface area contributed by atoms with E-state index in [1.807, 2.05) is 4.90 Å². The molecule has 0 unspecified atom stereocenters. The lowest BCUT2D eigenvalue weighted by Crippen LogP contribution is -2.36. The second-order valence-electron chi connectivity index (χ2n) is 2.90. The molecule has 0 spiro atoms. The van der Waals surface area contributed by atoms with Gasteiger partial charge in [-0.15, -0.1) is 0 Å². The molecule has 0 saturated carbocycles. The molecule has 0 aromatic carbocycles. The van der Waals surface area contributed by atoms with Crippen molar-refractivity contribution in [2.75, 3.05) is 13.1 Å². The molecule has 2 amide bonds. The van der Waals surface area contributed by atoms with E-state index in [-0.39, 0.29) is 6.03 Å². The van der Waals surface area contributed by atoms with Crippen molar-refractivity contribution in [1.82, 2.24) is 10.2 Å². The topological polar surface area (TPSA) is 32.3 Å². The highest BCUT2D eigenvalue weighted by atomic mass is 16.2. The first-order valence-electron chi connectivity index (χ1n) is 3.91. The Labute approximate surface area is 67.1 Å². The number of urea groups is 1. The molecule has 1 aliphatic rings. The molecule has 0 aliphatic carbocycles. The molecule has 1 aliphatic heterocycles. The van der Waals surface area contributed by atoms with Crippen LogP contribution in [0.5, 0.6) is 0 Å². The number of allylic oxidation sites excluding steroid dienone is 1. The van der Waals surface area contributed by atoms with Gasteiger partial charge >= 0.3 is 6.03 Å². The standard InChI is InChI=1S/C8H14N2O/c1-7(2)9-8(11)10-5-3-4-6-10/h1,3-6H2,2H3,(H,9,11). The van der Waals surface area contributed by atoms with Gasteiger partial charge in [-0.2, -0.15) is 0 Å². The molecular weight excluding hydrogens is 140 g/mol. The lowest BCUT2D eigenvalue weighted by molar-refractivity contribution is 0.212. The molecule has 0 radical (unpaired) electrons. The Bertz CT molecular complexity index is 171. The Kier molecular flexibility index (Phi) is 2.52. The number of likely N-dealkylation sites (tertiary alicyclic amines) is 1. The number of amides is 2. The molecule has 1 fully saturated rings. The molecule has 0 atom stereocenters. The summed E-state index contributed by atoms with van der Waals surface area (Å²) in [6, 6.07) is -0.00463. The van der Waals surface area contributed by atoms with Crippen LogP contribution in [0.3, 0.4) is 0 Å². The van der Waals surface area contributed by atoms with E-state index >= 15 is 0 Å². The van der Waals surface area contributed by atoms with Crippen molar-refractivity contribution in [3.8, 4) is 0 Å². The fourth-order valence-corrected chi connectivity index (χ4v) is 1.18. The van der Waals surface area contributed by atoms with Crippen molar-refractivity contribution in [2.24, 2.45) is 0 Å². The van der Waals surface area contributed by atoms with Crippen molar-refractivity contribution in [3.63, 3.8) is 0 Å². The monoisotopic (exact) mass is 154 g/mol. The molecule has 1 saturated heterocycles. The number of carbonyl (C=O) groups is 1. The van der Waals surface area contributed by atoms with Gasteiger partial charge in [0.2, 0.25) is 0 Å². The summed E-state index contributed by atoms with van der Waals surface area (Å²) in [5.74, 6) is 0. The van der Waals surface area contributed by atoms with E-state index in [9.17, 15) is 4.79 Å². The summed E-state index contributed by atoms with van der Waals surface area (Å²) in [6.07, 6.45) is 2.26. The summed E-state index contributed by atoms with van der Waals surface area (Å²) in [5, 5.41) is 2.68. The van der Waals surface area contributed by atoms with Crippen LogP contribution in [-0.2, 0) is 0 Å². The average molecular weight is 154 g/mol. The highest BCUT2D eigenvalue weighted by Crippen LogP contribution is 2.07. The second kappa shape index (κ2) is 3.42. The van der Waals surface area contributed by atoms with Crippen LogP contribution in [0.2, 0.25) is 0 Å². The summed E-state index contributed by atoms with van der Waals surface area (Å²) >= 11 is 0. The molecule has 0 aromatic rings. The van der Waals surface area contributed by atoms with Crippen LogP contribution < -0.4 is 5.32 Å². The molecule has 1 N–H and O–H groups in total. The van der Waals surface area contributed by atoms with Gasteiger partial charge in [0, 0.05) is 18.8 Å². The third-order valence-electron chi connectivity index (χ3n) is 1.71. The first-order chi connectivity index (χ1) is 5.20. The number of hydrogen-bond acceptors (Lipinski definition) is 1. The van der Waals surface area contributed by atoms with Crippen LogP contribution in [-0.4, -0.2) is 24.0 Å². The lowest BCUT2D eigenvalue weighted by atomic mass is 10.4. The van der Waals surface area contributed by atoms with E-state index in [0.29, 0.717) is 5.70 Å². The van der Waals surface area contributed by atoms with Gasteiger partial charge < -0.3 is 10.2 Å². The minimum Gasteiger partial charge on any atom is -0.325 e. The number of nitrogens with zero attached hydrogens (tertiary/aromatic N) is 1. The first-order valence-corrected chi connectivity index (χ1v) is 3.91. The summed E-state index contributed by atoms with van der Waals surface area (Å²) in [6.45, 7) is 7.17. The molecule has 1 rings (SSSR count). The Morgan fingerprint density at radius 3 is 2.45 bits per heavy atom. The van der Waals surface area contributed by atoms with Gasteiger partial charge in [-0.3, -0.25) is 0 Å². The third-order valence-corrected chi connectivity index (χ3v) is 1.71. The normalized spacial score (nSPS) is 16.6. The van der Waals surface area contributed by atoms with E-state index in [4.69, 9.17) is 0 Å². The maximum absolute atomic E-state index is 11.2. The van der Waals surface area contributed by atoms with Crippen molar-refractivity contribution >= 4 is 6.03 Å². The number of hydrogen-bond donors (Lipinski definition) is 1. The minimum absolute atomic E-state index is 0.00463. The van der Waals surface area contributed by atoms with Crippen molar-refractivity contribution in [3.05, 3.63) is 12.3 Å². The lowest BCUT2D eigenvalue weighted by Gasteiger charge is -2.15. The zero-order valence-electron chi connectivity index (χ0n) is 6.89. The summed E-state index contributed by atoms with van der Waals surface area (Å²) in [5.41, 5.74) is 0.710. The van der Waals surface area contributed by atoms with Gasteiger partial charge in [-0.25, -0.2) is 4.79 Å². The largest absolute Gasteiger partial charge is 0.325 e. The summed E-state index contributed by atoms with van der Waals surface area (Å²) in [7, 11) is 0. The Morgan fingerprint density at radius 2 is 2.00 bits per heavy atom. The number of rotatable bonds is 1. The van der Waals surface area contributed by atoms with E-state index in [0.717, 1.165) is 25.9 Å². The van der Waals surface area contributed by atoms with Crippen LogP contribution in [0.15, 0.2) is 12.3 Å². The molecule has 0 bridgehead atoms. The molecule has 1 heterocycles. The predicted octanol–water partition coefficient (Wildman–Crippen LogP) is 1.33. The fraction of sp³-hybridized carbons (Fsp3) is 0.625. The van der Waals surface area contributed by atoms with Gasteiger partial charge in [0.1, 0.15) is 0 Å². The Balaban J connectivity index is 2.34. The van der Waals surface area contributed by atoms with E-state index in [1.165, 1.54) is 0 Å². The van der Waals surface area contributed by atoms with E-state index in [2.05, 4.69) is 11.9 Å². The molecule has 3 nitrogen and oxygen atoms in total. The zero-order valence-corrected chi connectivity index (χ0v) is 6.89. The van der Waals surface area contributed by atoms with Gasteiger partial charge in [0.05, 0.1) is 0 Å². The van der Waals surface area contributed by atoms with Gasteiger partial charge in [-0.1, -0.05) is 6.58 Å². The van der Waals surface area contributed by atoms with E-state index < -0.39 is 0 Å². The highest BCUT2D eigenvalue weighted by molar-refractivity contribution is 5.76. The van der Waals surface area contributed by atoms with Crippen molar-refractivity contribution in [2.45, 2.75) is 19.8 Å². The molecule has 11 heavy (non-hydrogen) atoms. The molecule has 3 heteroatoms. The minimum atomic E-state index is -0.00463. The van der Waals surface area contributed by atoms with E-state index in [1.54, 1.807) is 6.92 Å². The van der Waals surface area contributed by atoms with Crippen LogP contribution >= 0.6 is 0 Å². The van der Waals surface area contributed by atoms with Crippen molar-refractivity contribution < 1.29 is 4.79 Å². The van der Waals surface area contributed by atoms with Crippen LogP contribution in [0.1, 0.15) is 19.8 Å². The third kappa shape index (κ3) is 2.26.